The number of carbonyl (C=O) groups excluding carboxylic acids is 2. The number of aromatic nitrogens is 2. The molecular formula is C26H34N6O3. The summed E-state index contributed by atoms with van der Waals surface area (Å²) >= 11 is 0. The largest absolute Gasteiger partial charge is 0.337 e. The minimum atomic E-state index is -0.438. The molecule has 2 N–H and O–H groups in total. The molecule has 2 amide bonds. The molecule has 0 bridgehead atoms. The Balaban J connectivity index is 1.78. The number of amides is 2. The highest BCUT2D eigenvalue weighted by molar-refractivity contribution is 6.07. The normalized spacial score (nSPS) is 16.7. The summed E-state index contributed by atoms with van der Waals surface area (Å²) in [7, 11) is 3.68. The summed E-state index contributed by atoms with van der Waals surface area (Å²) < 4.78 is 2.72. The molecule has 0 unspecified atom stereocenters. The van der Waals surface area contributed by atoms with Crippen molar-refractivity contribution in [1.82, 2.24) is 18.9 Å². The first-order chi connectivity index (χ1) is 16.7. The second-order valence-electron chi connectivity index (χ2n) is 9.54. The van der Waals surface area contributed by atoms with Crippen LogP contribution in [0.4, 0.5) is 10.5 Å². The SMILES string of the molecule is CC(C)[C@@H]1CCN(C)CN1C(=O)n1c(=O)n(CCN)c2cc(C(=O)N(C)c3ccccc3)ccc21. The molecule has 0 radical (unpaired) electrons. The Morgan fingerprint density at radius 3 is 2.49 bits per heavy atom. The Hall–Kier alpha value is -3.43. The van der Waals surface area contributed by atoms with Gasteiger partial charge in [0.1, 0.15) is 0 Å². The van der Waals surface area contributed by atoms with E-state index in [1.807, 2.05) is 37.4 Å². The van der Waals surface area contributed by atoms with Gasteiger partial charge in [0, 0.05) is 44.0 Å². The van der Waals surface area contributed by atoms with Crippen molar-refractivity contribution in [2.45, 2.75) is 32.9 Å². The summed E-state index contributed by atoms with van der Waals surface area (Å²) in [5.74, 6) is 0.0555. The van der Waals surface area contributed by atoms with Crippen LogP contribution in [-0.2, 0) is 6.54 Å². The number of hydrogen-bond acceptors (Lipinski definition) is 5. The lowest BCUT2D eigenvalue weighted by Gasteiger charge is -2.41. The maximum atomic E-state index is 13.8. The Morgan fingerprint density at radius 2 is 1.83 bits per heavy atom. The summed E-state index contributed by atoms with van der Waals surface area (Å²) in [6, 6.07) is 14.1. The molecule has 1 atom stereocenters. The number of imidazole rings is 1. The number of para-hydroxylation sites is 1. The summed E-state index contributed by atoms with van der Waals surface area (Å²) in [6.07, 6.45) is 0.848. The predicted molar refractivity (Wildman–Crippen MR) is 138 cm³/mol. The molecule has 9 heteroatoms. The van der Waals surface area contributed by atoms with Gasteiger partial charge in [-0.25, -0.2) is 14.2 Å². The van der Waals surface area contributed by atoms with Gasteiger partial charge < -0.3 is 15.5 Å². The molecule has 186 valence electrons. The summed E-state index contributed by atoms with van der Waals surface area (Å²) in [6.45, 7) is 6.02. The molecular weight excluding hydrogens is 444 g/mol. The van der Waals surface area contributed by atoms with Gasteiger partial charge in [-0.3, -0.25) is 14.3 Å². The minimum absolute atomic E-state index is 0.0406. The van der Waals surface area contributed by atoms with Crippen molar-refractivity contribution in [2.75, 3.05) is 38.8 Å². The van der Waals surface area contributed by atoms with Crippen molar-refractivity contribution >= 4 is 28.7 Å². The van der Waals surface area contributed by atoms with E-state index in [1.54, 1.807) is 35.0 Å². The van der Waals surface area contributed by atoms with Crippen LogP contribution in [0.5, 0.6) is 0 Å². The van der Waals surface area contributed by atoms with E-state index < -0.39 is 5.69 Å². The molecule has 1 fully saturated rings. The fourth-order valence-corrected chi connectivity index (χ4v) is 4.85. The molecule has 9 nitrogen and oxygen atoms in total. The fraction of sp³-hybridized carbons (Fsp3) is 0.423. The molecule has 1 aliphatic heterocycles. The summed E-state index contributed by atoms with van der Waals surface area (Å²) in [5.41, 5.74) is 7.55. The van der Waals surface area contributed by atoms with Gasteiger partial charge in [-0.05, 0) is 49.7 Å². The Kier molecular flexibility index (Phi) is 7.09. The van der Waals surface area contributed by atoms with E-state index in [0.717, 1.165) is 18.7 Å². The van der Waals surface area contributed by atoms with Crippen molar-refractivity contribution in [3.8, 4) is 0 Å². The zero-order valence-electron chi connectivity index (χ0n) is 20.8. The number of hydrogen-bond donors (Lipinski definition) is 1. The van der Waals surface area contributed by atoms with E-state index in [0.29, 0.717) is 23.3 Å². The van der Waals surface area contributed by atoms with Gasteiger partial charge in [0.15, 0.2) is 0 Å². The van der Waals surface area contributed by atoms with Gasteiger partial charge in [-0.15, -0.1) is 0 Å². The number of nitrogens with zero attached hydrogens (tertiary/aromatic N) is 5. The molecule has 35 heavy (non-hydrogen) atoms. The number of fused-ring (bicyclic) bond motifs is 1. The molecule has 0 spiro atoms. The third-order valence-corrected chi connectivity index (χ3v) is 6.78. The Labute approximate surface area is 205 Å². The maximum absolute atomic E-state index is 13.8. The standard InChI is InChI=1S/C26H34N6O3/c1-18(2)21-12-14-28(3)17-31(21)26(35)32-22-11-10-19(16-23(22)30(15-13-27)25(32)34)24(33)29(4)20-8-6-5-7-9-20/h5-11,16,18,21H,12-15,17,27H2,1-4H3/t21-/m0/s1. The van der Waals surface area contributed by atoms with Crippen molar-refractivity contribution in [3.05, 3.63) is 64.6 Å². The fourth-order valence-electron chi connectivity index (χ4n) is 4.85. The number of benzene rings is 2. The number of rotatable bonds is 5. The van der Waals surface area contributed by atoms with Crippen LogP contribution in [-0.4, -0.2) is 70.8 Å². The van der Waals surface area contributed by atoms with E-state index in [2.05, 4.69) is 18.7 Å². The molecule has 1 aliphatic rings. The first kappa shape index (κ1) is 24.7. The summed E-state index contributed by atoms with van der Waals surface area (Å²) in [4.78, 5) is 45.9. The quantitative estimate of drug-likeness (QED) is 0.608. The van der Waals surface area contributed by atoms with Crippen molar-refractivity contribution < 1.29 is 9.59 Å². The minimum Gasteiger partial charge on any atom is -0.329 e. The third kappa shape index (κ3) is 4.61. The molecule has 0 aliphatic carbocycles. The molecule has 3 aromatic rings. The lowest BCUT2D eigenvalue weighted by molar-refractivity contribution is 0.0606. The van der Waals surface area contributed by atoms with Crippen LogP contribution in [0, 0.1) is 5.92 Å². The predicted octanol–water partition coefficient (Wildman–Crippen LogP) is 2.63. The van der Waals surface area contributed by atoms with Crippen molar-refractivity contribution in [3.63, 3.8) is 0 Å². The van der Waals surface area contributed by atoms with Crippen LogP contribution in [0.1, 0.15) is 30.6 Å². The van der Waals surface area contributed by atoms with Crippen LogP contribution in [0.25, 0.3) is 11.0 Å². The number of anilines is 1. The van der Waals surface area contributed by atoms with Gasteiger partial charge in [-0.1, -0.05) is 32.0 Å². The lowest BCUT2D eigenvalue weighted by Crippen LogP contribution is -2.56. The zero-order valence-corrected chi connectivity index (χ0v) is 20.8. The van der Waals surface area contributed by atoms with Gasteiger partial charge in [-0.2, -0.15) is 0 Å². The highest BCUT2D eigenvalue weighted by Crippen LogP contribution is 2.24. The van der Waals surface area contributed by atoms with E-state index in [1.165, 1.54) is 9.13 Å². The van der Waals surface area contributed by atoms with E-state index >= 15 is 0 Å². The van der Waals surface area contributed by atoms with Crippen molar-refractivity contribution in [1.29, 1.82) is 0 Å². The van der Waals surface area contributed by atoms with E-state index in [-0.39, 0.29) is 37.0 Å². The molecule has 2 heterocycles. The first-order valence-electron chi connectivity index (χ1n) is 12.0. The molecule has 4 rings (SSSR count). The lowest BCUT2D eigenvalue weighted by atomic mass is 9.98. The van der Waals surface area contributed by atoms with Crippen LogP contribution in [0.3, 0.4) is 0 Å². The van der Waals surface area contributed by atoms with Crippen LogP contribution >= 0.6 is 0 Å². The monoisotopic (exact) mass is 478 g/mol. The van der Waals surface area contributed by atoms with Crippen LogP contribution < -0.4 is 16.3 Å². The second kappa shape index (κ2) is 10.1. The third-order valence-electron chi connectivity index (χ3n) is 6.78. The molecule has 1 saturated heterocycles. The smallest absolute Gasteiger partial charge is 0.329 e. The van der Waals surface area contributed by atoms with Gasteiger partial charge in [0.2, 0.25) is 0 Å². The highest BCUT2D eigenvalue weighted by atomic mass is 16.2. The molecule has 0 saturated carbocycles. The summed E-state index contributed by atoms with van der Waals surface area (Å²) in [5, 5.41) is 0. The Morgan fingerprint density at radius 1 is 1.11 bits per heavy atom. The highest BCUT2D eigenvalue weighted by Gasteiger charge is 2.34. The second-order valence-corrected chi connectivity index (χ2v) is 9.54. The first-order valence-corrected chi connectivity index (χ1v) is 12.0. The molecule has 2 aromatic carbocycles. The average molecular weight is 479 g/mol. The maximum Gasteiger partial charge on any atom is 0.337 e. The number of nitrogens with two attached hydrogens (primary N) is 1. The van der Waals surface area contributed by atoms with Gasteiger partial charge in [0.05, 0.1) is 17.7 Å². The van der Waals surface area contributed by atoms with Crippen molar-refractivity contribution in [2.24, 2.45) is 11.7 Å². The average Bonchev–Trinajstić information content (AvgIpc) is 3.13. The Bertz CT molecular complexity index is 1280. The zero-order chi connectivity index (χ0) is 25.3. The van der Waals surface area contributed by atoms with E-state index in [9.17, 15) is 14.4 Å². The van der Waals surface area contributed by atoms with Gasteiger partial charge in [0.25, 0.3) is 5.91 Å². The van der Waals surface area contributed by atoms with Gasteiger partial charge >= 0.3 is 11.7 Å². The topological polar surface area (TPSA) is 96.8 Å². The van der Waals surface area contributed by atoms with Crippen LogP contribution in [0.2, 0.25) is 0 Å². The number of carbonyl (C=O) groups is 2. The van der Waals surface area contributed by atoms with E-state index in [4.69, 9.17) is 5.73 Å². The van der Waals surface area contributed by atoms with Crippen LogP contribution in [0.15, 0.2) is 53.3 Å². The molecule has 1 aromatic heterocycles.